The molecule has 1 aliphatic carbocycles. The molecule has 1 aliphatic heterocycles. The average Bonchev–Trinajstić information content (AvgIpc) is 3.35. The molecule has 10 heteroatoms. The highest BCUT2D eigenvalue weighted by molar-refractivity contribution is 7.17. The fourth-order valence-electron chi connectivity index (χ4n) is 4.32. The van der Waals surface area contributed by atoms with Crippen molar-refractivity contribution in [1.82, 2.24) is 10.6 Å². The van der Waals surface area contributed by atoms with Crippen molar-refractivity contribution in [2.75, 3.05) is 19.0 Å². The first-order valence-corrected chi connectivity index (χ1v) is 12.5. The normalized spacial score (nSPS) is 15.4. The van der Waals surface area contributed by atoms with Crippen LogP contribution in [0.25, 0.3) is 0 Å². The standard InChI is InChI=1S/C23H27F2N3O3S2/c1-12(2)23(24,25)19-15(13-8-9-26-11-17(13)32-19)10-27-22(30)28-20-18(21(29)31-3)14-6-4-5-7-16(14)33-20/h26H,1,4-11H2,2-3H3,(H2,27,28,30). The lowest BCUT2D eigenvalue weighted by Crippen LogP contribution is -2.30. The summed E-state index contributed by atoms with van der Waals surface area (Å²) >= 11 is 2.46. The SMILES string of the molecule is C=C(C)C(F)(F)c1sc2c(c1CNC(=O)Nc1sc3c(c1C(=O)OC)CCCC3)CCNC2. The average molecular weight is 496 g/mol. The maximum Gasteiger partial charge on any atom is 0.341 e. The van der Waals surface area contributed by atoms with Crippen molar-refractivity contribution in [3.05, 3.63) is 49.0 Å². The second-order valence-electron chi connectivity index (χ2n) is 8.31. The van der Waals surface area contributed by atoms with E-state index in [0.29, 0.717) is 35.6 Å². The van der Waals surface area contributed by atoms with Gasteiger partial charge in [0.15, 0.2) is 0 Å². The number of anilines is 1. The number of thiophene rings is 2. The highest BCUT2D eigenvalue weighted by atomic mass is 32.1. The second-order valence-corrected chi connectivity index (χ2v) is 10.5. The molecule has 6 nitrogen and oxygen atoms in total. The van der Waals surface area contributed by atoms with Gasteiger partial charge in [0.2, 0.25) is 0 Å². The summed E-state index contributed by atoms with van der Waals surface area (Å²) in [4.78, 5) is 27.0. The van der Waals surface area contributed by atoms with E-state index in [9.17, 15) is 18.4 Å². The van der Waals surface area contributed by atoms with Gasteiger partial charge in [0.05, 0.1) is 17.6 Å². The number of alkyl halides is 2. The van der Waals surface area contributed by atoms with Crippen molar-refractivity contribution >= 4 is 39.7 Å². The van der Waals surface area contributed by atoms with E-state index in [0.717, 1.165) is 57.9 Å². The van der Waals surface area contributed by atoms with Crippen LogP contribution in [0.4, 0.5) is 18.6 Å². The Kier molecular flexibility index (Phi) is 6.88. The van der Waals surface area contributed by atoms with Crippen LogP contribution in [0.2, 0.25) is 0 Å². The zero-order chi connectivity index (χ0) is 23.8. The number of ether oxygens (including phenoxy) is 1. The van der Waals surface area contributed by atoms with E-state index in [1.807, 2.05) is 0 Å². The molecule has 0 atom stereocenters. The molecule has 0 saturated heterocycles. The third-order valence-electron chi connectivity index (χ3n) is 6.07. The smallest absolute Gasteiger partial charge is 0.341 e. The van der Waals surface area contributed by atoms with Gasteiger partial charge in [0.1, 0.15) is 5.00 Å². The van der Waals surface area contributed by atoms with Crippen molar-refractivity contribution in [3.63, 3.8) is 0 Å². The molecule has 33 heavy (non-hydrogen) atoms. The number of urea groups is 1. The minimum Gasteiger partial charge on any atom is -0.465 e. The minimum atomic E-state index is -3.17. The molecule has 2 amide bonds. The Morgan fingerprint density at radius 3 is 2.64 bits per heavy atom. The summed E-state index contributed by atoms with van der Waals surface area (Å²) in [5.74, 6) is -3.65. The Bertz CT molecular complexity index is 1110. The van der Waals surface area contributed by atoms with Crippen LogP contribution in [0.1, 0.15) is 61.4 Å². The highest BCUT2D eigenvalue weighted by Crippen LogP contribution is 2.44. The molecule has 2 aliphatic rings. The van der Waals surface area contributed by atoms with Crippen molar-refractivity contribution in [2.24, 2.45) is 0 Å². The maximum atomic E-state index is 14.9. The van der Waals surface area contributed by atoms with Crippen LogP contribution >= 0.6 is 22.7 Å². The summed E-state index contributed by atoms with van der Waals surface area (Å²) < 4.78 is 34.8. The van der Waals surface area contributed by atoms with Crippen LogP contribution < -0.4 is 16.0 Å². The molecule has 3 heterocycles. The van der Waals surface area contributed by atoms with Crippen LogP contribution in [0, 0.1) is 0 Å². The Labute approximate surface area is 199 Å². The van der Waals surface area contributed by atoms with Crippen LogP contribution in [-0.2, 0) is 43.0 Å². The number of esters is 1. The minimum absolute atomic E-state index is 0.0332. The molecule has 3 N–H and O–H groups in total. The third kappa shape index (κ3) is 4.56. The molecule has 0 radical (unpaired) electrons. The predicted molar refractivity (Wildman–Crippen MR) is 127 cm³/mol. The van der Waals surface area contributed by atoms with Crippen LogP contribution in [0.15, 0.2) is 12.2 Å². The Morgan fingerprint density at radius 2 is 1.91 bits per heavy atom. The van der Waals surface area contributed by atoms with Crippen molar-refractivity contribution in [3.8, 4) is 0 Å². The quantitative estimate of drug-likeness (QED) is 0.384. The van der Waals surface area contributed by atoms with Crippen molar-refractivity contribution in [2.45, 2.75) is 58.0 Å². The molecule has 4 rings (SSSR count). The number of allylic oxidation sites excluding steroid dienone is 1. The molecule has 0 unspecified atom stereocenters. The zero-order valence-corrected chi connectivity index (χ0v) is 20.3. The summed E-state index contributed by atoms with van der Waals surface area (Å²) in [6, 6.07) is -0.544. The molecular formula is C23H27F2N3O3S2. The Morgan fingerprint density at radius 1 is 1.15 bits per heavy atom. The van der Waals surface area contributed by atoms with Gasteiger partial charge in [0, 0.05) is 22.8 Å². The molecule has 2 aromatic rings. The van der Waals surface area contributed by atoms with Gasteiger partial charge in [-0.25, -0.2) is 9.59 Å². The van der Waals surface area contributed by atoms with Crippen LogP contribution in [0.5, 0.6) is 0 Å². The monoisotopic (exact) mass is 495 g/mol. The number of halogens is 2. The maximum absolute atomic E-state index is 14.9. The number of hydrogen-bond acceptors (Lipinski definition) is 6. The van der Waals surface area contributed by atoms with Crippen molar-refractivity contribution < 1.29 is 23.1 Å². The fraction of sp³-hybridized carbons (Fsp3) is 0.478. The molecule has 0 fully saturated rings. The van der Waals surface area contributed by atoms with E-state index in [1.54, 1.807) is 0 Å². The second kappa shape index (κ2) is 9.52. The lowest BCUT2D eigenvalue weighted by molar-refractivity contribution is 0.0416. The summed E-state index contributed by atoms with van der Waals surface area (Å²) in [7, 11) is 1.32. The lowest BCUT2D eigenvalue weighted by Gasteiger charge is -2.19. The van der Waals surface area contributed by atoms with Gasteiger partial charge in [-0.3, -0.25) is 5.32 Å². The topological polar surface area (TPSA) is 79.5 Å². The number of amides is 2. The molecule has 0 spiro atoms. The number of carbonyl (C=O) groups excluding carboxylic acids is 2. The van der Waals surface area contributed by atoms with Crippen LogP contribution in [-0.4, -0.2) is 25.7 Å². The van der Waals surface area contributed by atoms with E-state index >= 15 is 0 Å². The molecular weight excluding hydrogens is 468 g/mol. The number of fused-ring (bicyclic) bond motifs is 2. The van der Waals surface area contributed by atoms with Gasteiger partial charge >= 0.3 is 17.9 Å². The largest absolute Gasteiger partial charge is 0.465 e. The van der Waals surface area contributed by atoms with Gasteiger partial charge < -0.3 is 15.4 Å². The van der Waals surface area contributed by atoms with Crippen molar-refractivity contribution in [1.29, 1.82) is 0 Å². The van der Waals surface area contributed by atoms with Crippen LogP contribution in [0.3, 0.4) is 0 Å². The zero-order valence-electron chi connectivity index (χ0n) is 18.7. The first-order valence-electron chi connectivity index (χ1n) is 10.9. The number of methoxy groups -OCH3 is 1. The predicted octanol–water partition coefficient (Wildman–Crippen LogP) is 5.11. The lowest BCUT2D eigenvalue weighted by atomic mass is 9.95. The van der Waals surface area contributed by atoms with Gasteiger partial charge in [-0.05, 0) is 67.8 Å². The van der Waals surface area contributed by atoms with E-state index in [1.165, 1.54) is 25.4 Å². The Hall–Kier alpha value is -2.30. The number of carbonyl (C=O) groups is 2. The first-order chi connectivity index (χ1) is 15.7. The van der Waals surface area contributed by atoms with E-state index in [2.05, 4.69) is 22.5 Å². The summed E-state index contributed by atoms with van der Waals surface area (Å²) in [6.07, 6.45) is 4.28. The fourth-order valence-corrected chi connectivity index (χ4v) is 6.98. The molecule has 0 bridgehead atoms. The summed E-state index contributed by atoms with van der Waals surface area (Å²) in [6.45, 7) is 5.98. The Balaban J connectivity index is 1.56. The summed E-state index contributed by atoms with van der Waals surface area (Å²) in [5.41, 5.74) is 2.44. The highest BCUT2D eigenvalue weighted by Gasteiger charge is 2.39. The number of hydrogen-bond donors (Lipinski definition) is 3. The first kappa shape index (κ1) is 23.8. The molecule has 0 saturated carbocycles. The summed E-state index contributed by atoms with van der Waals surface area (Å²) in [5, 5.41) is 9.13. The van der Waals surface area contributed by atoms with E-state index < -0.39 is 17.9 Å². The van der Waals surface area contributed by atoms with Gasteiger partial charge in [-0.2, -0.15) is 8.78 Å². The molecule has 0 aromatic carbocycles. The van der Waals surface area contributed by atoms with Gasteiger partial charge in [-0.1, -0.05) is 6.58 Å². The number of aryl methyl sites for hydroxylation is 1. The van der Waals surface area contributed by atoms with Gasteiger partial charge in [-0.15, -0.1) is 22.7 Å². The number of nitrogens with one attached hydrogen (secondary N) is 3. The number of rotatable bonds is 6. The van der Waals surface area contributed by atoms with E-state index in [-0.39, 0.29) is 17.0 Å². The van der Waals surface area contributed by atoms with Gasteiger partial charge in [0.25, 0.3) is 0 Å². The molecule has 2 aromatic heterocycles. The third-order valence-corrected chi connectivity index (χ3v) is 8.62. The molecule has 178 valence electrons. The van der Waals surface area contributed by atoms with E-state index in [4.69, 9.17) is 4.74 Å².